The summed E-state index contributed by atoms with van der Waals surface area (Å²) < 4.78 is 26.0. The van der Waals surface area contributed by atoms with E-state index >= 15 is 0 Å². The van der Waals surface area contributed by atoms with Crippen molar-refractivity contribution >= 4 is 26.8 Å². The number of carbonyl (C=O) groups excluding carboxylic acids is 1. The maximum absolute atomic E-state index is 12.3. The molecule has 0 spiro atoms. The Morgan fingerprint density at radius 3 is 2.42 bits per heavy atom. The Morgan fingerprint density at radius 1 is 1.12 bits per heavy atom. The van der Waals surface area contributed by atoms with Gasteiger partial charge in [-0.25, -0.2) is 12.7 Å². The molecule has 0 bridgehead atoms. The van der Waals surface area contributed by atoms with Crippen molar-refractivity contribution in [1.82, 2.24) is 14.6 Å². The molecule has 0 atom stereocenters. The maximum atomic E-state index is 12.3. The topological polar surface area (TPSA) is 108 Å². The van der Waals surface area contributed by atoms with Crippen molar-refractivity contribution in [1.29, 1.82) is 0 Å². The van der Waals surface area contributed by atoms with Gasteiger partial charge in [0.15, 0.2) is 0 Å². The fourth-order valence-corrected chi connectivity index (χ4v) is 5.80. The molecule has 7 nitrogen and oxygen atoms in total. The van der Waals surface area contributed by atoms with Crippen molar-refractivity contribution in [3.8, 4) is 11.1 Å². The number of hydrogen-bond donors (Lipinski definition) is 3. The molecule has 1 aliphatic heterocycles. The van der Waals surface area contributed by atoms with Crippen LogP contribution in [0.1, 0.15) is 54.1 Å². The van der Waals surface area contributed by atoms with Crippen LogP contribution in [0.3, 0.4) is 0 Å². The molecule has 8 heteroatoms. The fraction of sp³-hybridized carbons (Fsp3) is 0.400. The van der Waals surface area contributed by atoms with Gasteiger partial charge < -0.3 is 16.0 Å². The number of sulfonamides is 1. The number of aromatic amines is 1. The second-order valence-electron chi connectivity index (χ2n) is 8.61. The summed E-state index contributed by atoms with van der Waals surface area (Å²) in [5, 5.41) is 4.30. The van der Waals surface area contributed by atoms with Crippen molar-refractivity contribution in [2.24, 2.45) is 5.73 Å². The summed E-state index contributed by atoms with van der Waals surface area (Å²) in [6.45, 7) is 6.53. The molecular formula is C25H32N4O3S. The minimum absolute atomic E-state index is 0.128. The van der Waals surface area contributed by atoms with E-state index in [0.29, 0.717) is 18.7 Å². The van der Waals surface area contributed by atoms with E-state index in [-0.39, 0.29) is 11.7 Å². The zero-order valence-electron chi connectivity index (χ0n) is 19.2. The zero-order valence-corrected chi connectivity index (χ0v) is 20.0. The Kier molecular flexibility index (Phi) is 6.88. The number of nitrogens with one attached hydrogen (secondary N) is 2. The minimum Gasteiger partial charge on any atom is -0.366 e. The van der Waals surface area contributed by atoms with Gasteiger partial charge in [-0.05, 0) is 66.6 Å². The van der Waals surface area contributed by atoms with E-state index in [9.17, 15) is 13.2 Å². The molecule has 0 unspecified atom stereocenters. The average Bonchev–Trinajstić information content (AvgIpc) is 3.26. The van der Waals surface area contributed by atoms with Crippen LogP contribution in [0, 0.1) is 0 Å². The number of fused-ring (bicyclic) bond motifs is 1. The molecule has 1 amide bonds. The van der Waals surface area contributed by atoms with Crippen molar-refractivity contribution in [2.45, 2.75) is 39.2 Å². The summed E-state index contributed by atoms with van der Waals surface area (Å²) in [5.74, 6) is -0.118. The number of nitrogens with two attached hydrogens (primary N) is 1. The quantitative estimate of drug-likeness (QED) is 0.470. The predicted octanol–water partition coefficient (Wildman–Crippen LogP) is 3.57. The van der Waals surface area contributed by atoms with Gasteiger partial charge in [-0.15, -0.1) is 0 Å². The molecule has 4 rings (SSSR count). The summed E-state index contributed by atoms with van der Waals surface area (Å²) in [5.41, 5.74) is 11.2. The third-order valence-corrected chi connectivity index (χ3v) is 8.49. The highest BCUT2D eigenvalue weighted by Gasteiger charge is 2.29. The van der Waals surface area contributed by atoms with Crippen LogP contribution >= 0.6 is 0 Å². The largest absolute Gasteiger partial charge is 0.366 e. The van der Waals surface area contributed by atoms with E-state index < -0.39 is 15.9 Å². The van der Waals surface area contributed by atoms with Crippen molar-refractivity contribution in [3.05, 3.63) is 59.3 Å². The third kappa shape index (κ3) is 4.83. The molecule has 2 aromatic carbocycles. The van der Waals surface area contributed by atoms with Gasteiger partial charge in [-0.1, -0.05) is 31.2 Å². The molecule has 1 saturated heterocycles. The van der Waals surface area contributed by atoms with Gasteiger partial charge in [0, 0.05) is 31.2 Å². The number of piperidine rings is 1. The van der Waals surface area contributed by atoms with Crippen LogP contribution in [0.15, 0.2) is 42.6 Å². The summed E-state index contributed by atoms with van der Waals surface area (Å²) in [6.07, 6.45) is 3.46. The van der Waals surface area contributed by atoms with Crippen LogP contribution in [0.25, 0.3) is 22.0 Å². The van der Waals surface area contributed by atoms with Gasteiger partial charge >= 0.3 is 0 Å². The molecular weight excluding hydrogens is 436 g/mol. The van der Waals surface area contributed by atoms with E-state index in [4.69, 9.17) is 5.73 Å². The highest BCUT2D eigenvalue weighted by atomic mass is 32.2. The Labute approximate surface area is 195 Å². The predicted molar refractivity (Wildman–Crippen MR) is 133 cm³/mol. The van der Waals surface area contributed by atoms with Crippen LogP contribution in [-0.2, 0) is 16.6 Å². The molecule has 1 fully saturated rings. The monoisotopic (exact) mass is 468 g/mol. The van der Waals surface area contributed by atoms with Gasteiger partial charge in [0.05, 0.1) is 16.8 Å². The normalized spacial score (nSPS) is 15.8. The first-order chi connectivity index (χ1) is 15.8. The number of H-pyrrole nitrogens is 1. The molecule has 2 heterocycles. The van der Waals surface area contributed by atoms with Gasteiger partial charge in [-0.3, -0.25) is 4.79 Å². The number of rotatable bonds is 8. The zero-order chi connectivity index (χ0) is 23.6. The lowest BCUT2D eigenvalue weighted by atomic mass is 9.88. The van der Waals surface area contributed by atoms with Crippen LogP contribution < -0.4 is 11.1 Å². The van der Waals surface area contributed by atoms with Crippen LogP contribution in [-0.4, -0.2) is 49.0 Å². The maximum Gasteiger partial charge on any atom is 0.250 e. The Bertz CT molecular complexity index is 1240. The number of amides is 1. The number of carbonyl (C=O) groups is 1. The van der Waals surface area contributed by atoms with Crippen molar-refractivity contribution in [3.63, 3.8) is 0 Å². The Morgan fingerprint density at radius 2 is 1.82 bits per heavy atom. The smallest absolute Gasteiger partial charge is 0.250 e. The van der Waals surface area contributed by atoms with E-state index in [1.807, 2.05) is 12.3 Å². The van der Waals surface area contributed by atoms with Gasteiger partial charge in [0.2, 0.25) is 10.0 Å². The second-order valence-corrected chi connectivity index (χ2v) is 10.9. The third-order valence-electron chi connectivity index (χ3n) is 6.61. The van der Waals surface area contributed by atoms with E-state index in [1.165, 1.54) is 5.56 Å². The summed E-state index contributed by atoms with van der Waals surface area (Å²) >= 11 is 0. The lowest BCUT2D eigenvalue weighted by molar-refractivity contribution is 0.100. The summed E-state index contributed by atoms with van der Waals surface area (Å²) in [4.78, 5) is 15.5. The first kappa shape index (κ1) is 23.5. The van der Waals surface area contributed by atoms with E-state index in [0.717, 1.165) is 53.5 Å². The van der Waals surface area contributed by atoms with Crippen molar-refractivity contribution in [2.75, 3.05) is 25.4 Å². The van der Waals surface area contributed by atoms with Gasteiger partial charge in [0.1, 0.15) is 0 Å². The Hall–Kier alpha value is -2.68. The standard InChI is InChI=1S/C25H32N4O3S/c1-3-27-15-17-5-7-18(8-6-17)20-13-21-23(16-28-24(21)22(14-20)25(26)30)19-9-11-29(12-10-19)33(31,32)4-2/h5-8,13-14,16,19,27-28H,3-4,9-12,15H2,1-2H3,(H2,26,30). The van der Waals surface area contributed by atoms with Crippen LogP contribution in [0.5, 0.6) is 0 Å². The van der Waals surface area contributed by atoms with Crippen molar-refractivity contribution < 1.29 is 13.2 Å². The minimum atomic E-state index is -3.17. The van der Waals surface area contributed by atoms with E-state index in [1.54, 1.807) is 11.2 Å². The first-order valence-corrected chi connectivity index (χ1v) is 13.2. The number of primary amides is 1. The summed E-state index contributed by atoms with van der Waals surface area (Å²) in [7, 11) is -3.17. The van der Waals surface area contributed by atoms with Crippen LogP contribution in [0.2, 0.25) is 0 Å². The van der Waals surface area contributed by atoms with Gasteiger partial charge in [-0.2, -0.15) is 0 Å². The molecule has 33 heavy (non-hydrogen) atoms. The lowest BCUT2D eigenvalue weighted by Crippen LogP contribution is -2.38. The molecule has 3 aromatic rings. The molecule has 1 aromatic heterocycles. The number of hydrogen-bond acceptors (Lipinski definition) is 4. The van der Waals surface area contributed by atoms with Gasteiger partial charge in [0.25, 0.3) is 5.91 Å². The summed E-state index contributed by atoms with van der Waals surface area (Å²) in [6, 6.07) is 12.3. The SMILES string of the molecule is CCNCc1ccc(-c2cc(C(N)=O)c3[nH]cc(C4CCN(S(=O)(=O)CC)CC4)c3c2)cc1. The lowest BCUT2D eigenvalue weighted by Gasteiger charge is -2.31. The van der Waals surface area contributed by atoms with Crippen LogP contribution in [0.4, 0.5) is 0 Å². The number of nitrogens with zero attached hydrogens (tertiary/aromatic N) is 1. The molecule has 0 radical (unpaired) electrons. The molecule has 176 valence electrons. The Balaban J connectivity index is 1.68. The second kappa shape index (κ2) is 9.67. The number of aromatic nitrogens is 1. The fourth-order valence-electron chi connectivity index (χ4n) is 4.66. The van der Waals surface area contributed by atoms with E-state index in [2.05, 4.69) is 47.6 Å². The average molecular weight is 469 g/mol. The highest BCUT2D eigenvalue weighted by molar-refractivity contribution is 7.89. The highest BCUT2D eigenvalue weighted by Crippen LogP contribution is 2.37. The molecule has 4 N–H and O–H groups in total. The molecule has 1 aliphatic rings. The molecule has 0 aliphatic carbocycles. The first-order valence-electron chi connectivity index (χ1n) is 11.6. The number of benzene rings is 2. The molecule has 0 saturated carbocycles.